The van der Waals surface area contributed by atoms with Gasteiger partial charge < -0.3 is 15.0 Å². The largest absolute Gasteiger partial charge is 0.481 e. The average molecular weight is 428 g/mol. The number of hydrogen-bond donors (Lipinski definition) is 1. The molecule has 0 aromatic carbocycles. The first-order chi connectivity index (χ1) is 15.4. The number of carbonyl (C=O) groups is 1. The minimum atomic E-state index is -0.0957. The lowest BCUT2D eigenvalue weighted by molar-refractivity contribution is -0.111. The zero-order valence-electron chi connectivity index (χ0n) is 18.5. The lowest BCUT2D eigenvalue weighted by atomic mass is 10.0. The molecule has 0 radical (unpaired) electrons. The van der Waals surface area contributed by atoms with Crippen LogP contribution in [0.3, 0.4) is 0 Å². The predicted molar refractivity (Wildman–Crippen MR) is 125 cm³/mol. The summed E-state index contributed by atoms with van der Waals surface area (Å²) in [6.45, 7) is 5.32. The number of pyridine rings is 3. The van der Waals surface area contributed by atoms with Crippen molar-refractivity contribution in [2.24, 2.45) is 5.73 Å². The zero-order chi connectivity index (χ0) is 22.8. The minimum Gasteiger partial charge on any atom is -0.481 e. The lowest BCUT2D eigenvalue weighted by Crippen LogP contribution is -2.08. The molecule has 0 spiro atoms. The van der Waals surface area contributed by atoms with Gasteiger partial charge in [0.25, 0.3) is 0 Å². The van der Waals surface area contributed by atoms with Gasteiger partial charge in [-0.3, -0.25) is 14.8 Å². The molecule has 0 saturated heterocycles. The van der Waals surface area contributed by atoms with Gasteiger partial charge in [-0.25, -0.2) is 4.98 Å². The van der Waals surface area contributed by atoms with Crippen LogP contribution in [0.2, 0.25) is 0 Å². The molecular formula is C25H25N5O2. The highest BCUT2D eigenvalue weighted by atomic mass is 16.5. The standard InChI is InChI=1S/C25H25N5O2/c1-15(26)24(17(3)31)19-11-22-25(29-13-19)20(18-8-9-23(32-4)28-12-18)14-30(22)16(2)21-7-5-6-10-27-21/h5-14,16H,26H2,1-4H3/b24-15+/t16-/m0/s1. The number of carbonyl (C=O) groups excluding carboxylic acids is 1. The Labute approximate surface area is 186 Å². The molecule has 0 amide bonds. The van der Waals surface area contributed by atoms with E-state index in [2.05, 4.69) is 27.7 Å². The van der Waals surface area contributed by atoms with Gasteiger partial charge in [0.15, 0.2) is 5.78 Å². The molecule has 162 valence electrons. The zero-order valence-corrected chi connectivity index (χ0v) is 18.5. The van der Waals surface area contributed by atoms with E-state index in [1.54, 1.807) is 32.6 Å². The second-order valence-electron chi connectivity index (χ2n) is 7.68. The fourth-order valence-corrected chi connectivity index (χ4v) is 3.93. The molecule has 0 unspecified atom stereocenters. The number of ketones is 1. The summed E-state index contributed by atoms with van der Waals surface area (Å²) in [5, 5.41) is 0. The van der Waals surface area contributed by atoms with Crippen molar-refractivity contribution >= 4 is 22.4 Å². The quantitative estimate of drug-likeness (QED) is 0.459. The number of allylic oxidation sites excluding steroid dienone is 2. The summed E-state index contributed by atoms with van der Waals surface area (Å²) in [5.74, 6) is 0.450. The number of nitrogens with zero attached hydrogens (tertiary/aromatic N) is 4. The van der Waals surface area contributed by atoms with Crippen LogP contribution in [0.4, 0.5) is 0 Å². The number of hydrogen-bond acceptors (Lipinski definition) is 6. The van der Waals surface area contributed by atoms with Crippen molar-refractivity contribution in [2.75, 3.05) is 7.11 Å². The maximum atomic E-state index is 12.2. The molecule has 0 aliphatic heterocycles. The Morgan fingerprint density at radius 2 is 1.91 bits per heavy atom. The molecule has 0 aliphatic carbocycles. The van der Waals surface area contributed by atoms with Gasteiger partial charge >= 0.3 is 0 Å². The Morgan fingerprint density at radius 1 is 1.09 bits per heavy atom. The van der Waals surface area contributed by atoms with Gasteiger partial charge in [0.1, 0.15) is 0 Å². The second kappa shape index (κ2) is 8.63. The van der Waals surface area contributed by atoms with E-state index in [1.165, 1.54) is 6.92 Å². The maximum Gasteiger partial charge on any atom is 0.212 e. The number of ether oxygens (including phenoxy) is 1. The number of rotatable bonds is 6. The van der Waals surface area contributed by atoms with Gasteiger partial charge in [-0.1, -0.05) is 6.07 Å². The van der Waals surface area contributed by atoms with Crippen LogP contribution >= 0.6 is 0 Å². The van der Waals surface area contributed by atoms with Crippen LogP contribution in [0.5, 0.6) is 5.88 Å². The van der Waals surface area contributed by atoms with Crippen molar-refractivity contribution in [1.29, 1.82) is 0 Å². The Bertz CT molecular complexity index is 1300. The van der Waals surface area contributed by atoms with Crippen LogP contribution in [0, 0.1) is 0 Å². The van der Waals surface area contributed by atoms with E-state index in [4.69, 9.17) is 15.5 Å². The van der Waals surface area contributed by atoms with Crippen molar-refractivity contribution in [2.45, 2.75) is 26.8 Å². The first-order valence-corrected chi connectivity index (χ1v) is 10.3. The summed E-state index contributed by atoms with van der Waals surface area (Å²) in [5.41, 5.74) is 12.1. The Balaban J connectivity index is 1.96. The number of nitrogens with two attached hydrogens (primary N) is 1. The normalized spacial score (nSPS) is 13.0. The third-order valence-electron chi connectivity index (χ3n) is 5.49. The topological polar surface area (TPSA) is 95.9 Å². The first kappa shape index (κ1) is 21.2. The van der Waals surface area contributed by atoms with Crippen molar-refractivity contribution in [3.63, 3.8) is 0 Å². The molecule has 4 rings (SSSR count). The van der Waals surface area contributed by atoms with Crippen LogP contribution in [0.15, 0.2) is 66.9 Å². The minimum absolute atomic E-state index is 0.0561. The van der Waals surface area contributed by atoms with Crippen LogP contribution in [0.25, 0.3) is 27.7 Å². The maximum absolute atomic E-state index is 12.2. The van der Waals surface area contributed by atoms with E-state index in [0.29, 0.717) is 22.7 Å². The smallest absolute Gasteiger partial charge is 0.212 e. The van der Waals surface area contributed by atoms with Crippen LogP contribution in [-0.2, 0) is 4.79 Å². The molecule has 0 aliphatic rings. The highest BCUT2D eigenvalue weighted by Gasteiger charge is 2.20. The summed E-state index contributed by atoms with van der Waals surface area (Å²) in [6.07, 6.45) is 7.30. The molecular weight excluding hydrogens is 402 g/mol. The molecule has 7 nitrogen and oxygen atoms in total. The molecule has 7 heteroatoms. The molecule has 0 fully saturated rings. The van der Waals surface area contributed by atoms with Gasteiger partial charge in [-0.2, -0.15) is 0 Å². The molecule has 4 aromatic heterocycles. The van der Waals surface area contributed by atoms with Crippen LogP contribution in [-0.4, -0.2) is 32.4 Å². The third kappa shape index (κ3) is 3.85. The summed E-state index contributed by atoms with van der Waals surface area (Å²) >= 11 is 0. The van der Waals surface area contributed by atoms with E-state index >= 15 is 0 Å². The van der Waals surface area contributed by atoms with Crippen LogP contribution in [0.1, 0.15) is 38.1 Å². The second-order valence-corrected chi connectivity index (χ2v) is 7.68. The summed E-state index contributed by atoms with van der Waals surface area (Å²) in [6, 6.07) is 11.5. The van der Waals surface area contributed by atoms with E-state index in [1.807, 2.05) is 36.4 Å². The van der Waals surface area contributed by atoms with E-state index in [9.17, 15) is 4.79 Å². The highest BCUT2D eigenvalue weighted by Crippen LogP contribution is 2.34. The molecule has 32 heavy (non-hydrogen) atoms. The Hall–Kier alpha value is -4.00. The average Bonchev–Trinajstić information content (AvgIpc) is 3.17. The first-order valence-electron chi connectivity index (χ1n) is 10.3. The van der Waals surface area contributed by atoms with Crippen molar-refractivity contribution < 1.29 is 9.53 Å². The van der Waals surface area contributed by atoms with Crippen molar-refractivity contribution in [3.05, 3.63) is 78.1 Å². The fraction of sp³-hybridized carbons (Fsp3) is 0.200. The van der Waals surface area contributed by atoms with Gasteiger partial charge in [-0.15, -0.1) is 0 Å². The Kier molecular flexibility index (Phi) is 5.73. The fourth-order valence-electron chi connectivity index (χ4n) is 3.93. The summed E-state index contributed by atoms with van der Waals surface area (Å²) < 4.78 is 7.31. The predicted octanol–water partition coefficient (Wildman–Crippen LogP) is 4.39. The summed E-state index contributed by atoms with van der Waals surface area (Å²) in [7, 11) is 1.59. The Morgan fingerprint density at radius 3 is 2.50 bits per heavy atom. The van der Waals surface area contributed by atoms with Gasteiger partial charge in [0.05, 0.1) is 29.9 Å². The monoisotopic (exact) mass is 427 g/mol. The van der Waals surface area contributed by atoms with E-state index < -0.39 is 0 Å². The molecule has 4 aromatic rings. The lowest BCUT2D eigenvalue weighted by Gasteiger charge is -2.15. The molecule has 1 atom stereocenters. The highest BCUT2D eigenvalue weighted by molar-refractivity contribution is 6.20. The third-order valence-corrected chi connectivity index (χ3v) is 5.49. The summed E-state index contributed by atoms with van der Waals surface area (Å²) in [4.78, 5) is 25.9. The number of aromatic nitrogens is 4. The van der Waals surface area contributed by atoms with Crippen molar-refractivity contribution in [3.8, 4) is 17.0 Å². The SMILES string of the molecule is COc1ccc(-c2cn([C@@H](C)c3ccccn3)c3cc(/C(C(C)=O)=C(\C)N)cnc23)cn1. The molecule has 4 heterocycles. The number of methoxy groups -OCH3 is 1. The van der Waals surface area contributed by atoms with E-state index in [0.717, 1.165) is 27.9 Å². The molecule has 2 N–H and O–H groups in total. The van der Waals surface area contributed by atoms with Gasteiger partial charge in [0.2, 0.25) is 5.88 Å². The molecule has 0 saturated carbocycles. The van der Waals surface area contributed by atoms with Crippen LogP contribution < -0.4 is 10.5 Å². The van der Waals surface area contributed by atoms with Gasteiger partial charge in [-0.05, 0) is 45.0 Å². The van der Waals surface area contributed by atoms with Crippen molar-refractivity contribution in [1.82, 2.24) is 19.5 Å². The van der Waals surface area contributed by atoms with E-state index in [-0.39, 0.29) is 11.8 Å². The van der Waals surface area contributed by atoms with Gasteiger partial charge in [0, 0.05) is 58.8 Å². The number of fused-ring (bicyclic) bond motifs is 1. The molecule has 0 bridgehead atoms. The number of Topliss-reactive ketones (excluding diaryl/α,β-unsaturated/α-hetero) is 1.